The maximum absolute atomic E-state index is 11.4. The van der Waals surface area contributed by atoms with Gasteiger partial charge in [0.2, 0.25) is 0 Å². The lowest BCUT2D eigenvalue weighted by Gasteiger charge is -2.12. The van der Waals surface area contributed by atoms with Crippen molar-refractivity contribution in [2.45, 2.75) is 25.5 Å². The fourth-order valence-electron chi connectivity index (χ4n) is 1.64. The average molecular weight is 266 g/mol. The zero-order chi connectivity index (χ0) is 13.9. The number of aliphatic hydroxyl groups excluding tert-OH is 1. The summed E-state index contributed by atoms with van der Waals surface area (Å²) in [6, 6.07) is 9.63. The molecule has 1 amide bonds. The van der Waals surface area contributed by atoms with Gasteiger partial charge in [-0.3, -0.25) is 0 Å². The van der Waals surface area contributed by atoms with Crippen molar-refractivity contribution in [3.8, 4) is 0 Å². The minimum absolute atomic E-state index is 0.0853. The quantitative estimate of drug-likeness (QED) is 0.620. The highest BCUT2D eigenvalue weighted by atomic mass is 16.5. The van der Waals surface area contributed by atoms with E-state index in [1.54, 1.807) is 0 Å². The number of aliphatic hydroxyl groups is 1. The van der Waals surface area contributed by atoms with Crippen LogP contribution in [0.5, 0.6) is 0 Å². The molecule has 0 heterocycles. The number of nitrogens with one attached hydrogen (secondary N) is 2. The molecule has 1 aromatic rings. The van der Waals surface area contributed by atoms with Crippen molar-refractivity contribution >= 4 is 6.09 Å². The average Bonchev–Trinajstić information content (AvgIpc) is 2.46. The van der Waals surface area contributed by atoms with Gasteiger partial charge in [-0.2, -0.15) is 0 Å². The highest BCUT2D eigenvalue weighted by molar-refractivity contribution is 5.67. The number of hydrogen-bond donors (Lipinski definition) is 3. The van der Waals surface area contributed by atoms with E-state index in [4.69, 9.17) is 9.84 Å². The SMILES string of the molecule is CN[C@H](CO)CCCNC(=O)OCc1ccccc1. The Morgan fingerprint density at radius 3 is 2.74 bits per heavy atom. The number of ether oxygens (including phenoxy) is 1. The Labute approximate surface area is 114 Å². The Balaban J connectivity index is 2.08. The van der Waals surface area contributed by atoms with Gasteiger partial charge in [-0.05, 0) is 25.5 Å². The van der Waals surface area contributed by atoms with Crippen LogP contribution in [0.15, 0.2) is 30.3 Å². The standard InChI is InChI=1S/C14H22N2O3/c1-15-13(10-17)8-5-9-16-14(18)19-11-12-6-3-2-4-7-12/h2-4,6-7,13,15,17H,5,8-11H2,1H3,(H,16,18)/t13-/m0/s1. The molecule has 0 bridgehead atoms. The second-order valence-electron chi connectivity index (χ2n) is 4.30. The first-order chi connectivity index (χ1) is 9.26. The summed E-state index contributed by atoms with van der Waals surface area (Å²) in [5.74, 6) is 0. The maximum Gasteiger partial charge on any atom is 0.407 e. The minimum Gasteiger partial charge on any atom is -0.445 e. The van der Waals surface area contributed by atoms with Crippen LogP contribution < -0.4 is 10.6 Å². The predicted molar refractivity (Wildman–Crippen MR) is 73.8 cm³/mol. The van der Waals surface area contributed by atoms with E-state index >= 15 is 0 Å². The second-order valence-corrected chi connectivity index (χ2v) is 4.30. The molecule has 0 unspecified atom stereocenters. The van der Waals surface area contributed by atoms with E-state index in [0.717, 1.165) is 18.4 Å². The molecule has 1 aromatic carbocycles. The van der Waals surface area contributed by atoms with Crippen LogP contribution >= 0.6 is 0 Å². The topological polar surface area (TPSA) is 70.6 Å². The summed E-state index contributed by atoms with van der Waals surface area (Å²) in [7, 11) is 1.81. The van der Waals surface area contributed by atoms with Crippen LogP contribution in [0.2, 0.25) is 0 Å². The van der Waals surface area contributed by atoms with Gasteiger partial charge in [-0.1, -0.05) is 30.3 Å². The summed E-state index contributed by atoms with van der Waals surface area (Å²) in [6.45, 7) is 0.934. The highest BCUT2D eigenvalue weighted by Gasteiger charge is 2.05. The molecule has 0 spiro atoms. The smallest absolute Gasteiger partial charge is 0.407 e. The van der Waals surface area contributed by atoms with Crippen LogP contribution in [0.4, 0.5) is 4.79 Å². The molecule has 1 rings (SSSR count). The van der Waals surface area contributed by atoms with Gasteiger partial charge in [0.1, 0.15) is 6.61 Å². The van der Waals surface area contributed by atoms with E-state index in [0.29, 0.717) is 6.54 Å². The van der Waals surface area contributed by atoms with Gasteiger partial charge in [0.25, 0.3) is 0 Å². The Morgan fingerprint density at radius 2 is 2.11 bits per heavy atom. The van der Waals surface area contributed by atoms with Crippen molar-refractivity contribution in [2.75, 3.05) is 20.2 Å². The molecule has 0 aliphatic carbocycles. The molecule has 1 atom stereocenters. The van der Waals surface area contributed by atoms with Crippen LogP contribution in [-0.4, -0.2) is 37.4 Å². The number of benzene rings is 1. The molecule has 0 saturated heterocycles. The van der Waals surface area contributed by atoms with Gasteiger partial charge >= 0.3 is 6.09 Å². The van der Waals surface area contributed by atoms with Crippen molar-refractivity contribution in [2.24, 2.45) is 0 Å². The Hall–Kier alpha value is -1.59. The summed E-state index contributed by atoms with van der Waals surface area (Å²) in [5, 5.41) is 14.6. The van der Waals surface area contributed by atoms with E-state index in [1.807, 2.05) is 37.4 Å². The molecule has 0 aliphatic heterocycles. The van der Waals surface area contributed by atoms with Crippen molar-refractivity contribution < 1.29 is 14.6 Å². The molecular formula is C14H22N2O3. The van der Waals surface area contributed by atoms with E-state index in [2.05, 4.69) is 10.6 Å². The normalized spacial score (nSPS) is 11.9. The van der Waals surface area contributed by atoms with Crippen LogP contribution in [0, 0.1) is 0 Å². The van der Waals surface area contributed by atoms with Gasteiger partial charge in [0, 0.05) is 12.6 Å². The van der Waals surface area contributed by atoms with Crippen LogP contribution in [0.3, 0.4) is 0 Å². The molecular weight excluding hydrogens is 244 g/mol. The first-order valence-corrected chi connectivity index (χ1v) is 6.49. The largest absolute Gasteiger partial charge is 0.445 e. The van der Waals surface area contributed by atoms with E-state index < -0.39 is 6.09 Å². The number of likely N-dealkylation sites (N-methyl/N-ethyl adjacent to an activating group) is 1. The van der Waals surface area contributed by atoms with Crippen LogP contribution in [0.1, 0.15) is 18.4 Å². The van der Waals surface area contributed by atoms with Gasteiger partial charge in [0.05, 0.1) is 6.61 Å². The third kappa shape index (κ3) is 6.79. The van der Waals surface area contributed by atoms with Gasteiger partial charge < -0.3 is 20.5 Å². The van der Waals surface area contributed by atoms with Crippen LogP contribution in [0.25, 0.3) is 0 Å². The number of hydrogen-bond acceptors (Lipinski definition) is 4. The van der Waals surface area contributed by atoms with E-state index in [1.165, 1.54) is 0 Å². The number of carbonyl (C=O) groups excluding carboxylic acids is 1. The zero-order valence-electron chi connectivity index (χ0n) is 11.3. The fraction of sp³-hybridized carbons (Fsp3) is 0.500. The second kappa shape index (κ2) is 9.35. The minimum atomic E-state index is -0.408. The number of rotatable bonds is 8. The van der Waals surface area contributed by atoms with Crippen LogP contribution in [-0.2, 0) is 11.3 Å². The van der Waals surface area contributed by atoms with Crippen molar-refractivity contribution in [1.82, 2.24) is 10.6 Å². The molecule has 106 valence electrons. The molecule has 0 aromatic heterocycles. The molecule has 0 radical (unpaired) electrons. The number of carbonyl (C=O) groups is 1. The highest BCUT2D eigenvalue weighted by Crippen LogP contribution is 2.00. The number of alkyl carbamates (subject to hydrolysis) is 1. The first-order valence-electron chi connectivity index (χ1n) is 6.49. The lowest BCUT2D eigenvalue weighted by Crippen LogP contribution is -2.31. The molecule has 5 heteroatoms. The Morgan fingerprint density at radius 1 is 1.37 bits per heavy atom. The lowest BCUT2D eigenvalue weighted by atomic mass is 10.2. The van der Waals surface area contributed by atoms with Gasteiger partial charge in [-0.25, -0.2) is 4.79 Å². The molecule has 0 fully saturated rings. The monoisotopic (exact) mass is 266 g/mol. The summed E-state index contributed by atoms with van der Waals surface area (Å²) in [4.78, 5) is 11.4. The first kappa shape index (κ1) is 15.5. The van der Waals surface area contributed by atoms with Gasteiger partial charge in [0.15, 0.2) is 0 Å². The molecule has 3 N–H and O–H groups in total. The molecule has 19 heavy (non-hydrogen) atoms. The summed E-state index contributed by atoms with van der Waals surface area (Å²) in [5.41, 5.74) is 0.966. The van der Waals surface area contributed by atoms with E-state index in [9.17, 15) is 4.79 Å². The maximum atomic E-state index is 11.4. The van der Waals surface area contributed by atoms with E-state index in [-0.39, 0.29) is 19.3 Å². The Bertz CT molecular complexity index is 353. The summed E-state index contributed by atoms with van der Waals surface area (Å²) < 4.78 is 5.07. The lowest BCUT2D eigenvalue weighted by molar-refractivity contribution is 0.139. The van der Waals surface area contributed by atoms with Crippen molar-refractivity contribution in [1.29, 1.82) is 0 Å². The molecule has 5 nitrogen and oxygen atoms in total. The van der Waals surface area contributed by atoms with Crippen molar-refractivity contribution in [3.05, 3.63) is 35.9 Å². The van der Waals surface area contributed by atoms with Crippen molar-refractivity contribution in [3.63, 3.8) is 0 Å². The molecule has 0 saturated carbocycles. The predicted octanol–water partition coefficient (Wildman–Crippen LogP) is 1.27. The Kier molecular flexibility index (Phi) is 7.62. The van der Waals surface area contributed by atoms with Gasteiger partial charge in [-0.15, -0.1) is 0 Å². The molecule has 0 aliphatic rings. The fourth-order valence-corrected chi connectivity index (χ4v) is 1.64. The zero-order valence-corrected chi connectivity index (χ0v) is 11.3. The summed E-state index contributed by atoms with van der Waals surface area (Å²) in [6.07, 6.45) is 1.20. The third-order valence-electron chi connectivity index (χ3n) is 2.84. The number of amides is 1. The summed E-state index contributed by atoms with van der Waals surface area (Å²) >= 11 is 0. The third-order valence-corrected chi connectivity index (χ3v) is 2.84.